The maximum atomic E-state index is 13.2. The van der Waals surface area contributed by atoms with Gasteiger partial charge in [0.15, 0.2) is 12.2 Å². The van der Waals surface area contributed by atoms with E-state index in [1.807, 2.05) is 97.1 Å². The highest BCUT2D eigenvalue weighted by molar-refractivity contribution is 5.71. The van der Waals surface area contributed by atoms with Crippen molar-refractivity contribution >= 4 is 12.2 Å². The van der Waals surface area contributed by atoms with Crippen LogP contribution in [-0.2, 0) is 9.47 Å². The molecule has 2 aromatic heterocycles. The third-order valence-electron chi connectivity index (χ3n) is 8.41. The van der Waals surface area contributed by atoms with E-state index in [-0.39, 0.29) is 11.6 Å². The third kappa shape index (κ3) is 8.76. The van der Waals surface area contributed by atoms with Crippen molar-refractivity contribution in [1.82, 2.24) is 20.6 Å². The van der Waals surface area contributed by atoms with Gasteiger partial charge < -0.3 is 20.1 Å². The molecule has 2 amide bonds. The van der Waals surface area contributed by atoms with Crippen molar-refractivity contribution in [3.8, 4) is 23.7 Å². The van der Waals surface area contributed by atoms with Crippen LogP contribution in [0.25, 0.3) is 0 Å². The Morgan fingerprint density at radius 3 is 1.24 bits per heavy atom. The summed E-state index contributed by atoms with van der Waals surface area (Å²) in [5.41, 5.74) is 5.64. The number of aromatic nitrogens is 2. The molecular weight excluding hydrogens is 687 g/mol. The zero-order chi connectivity index (χ0) is 37.3. The predicted molar refractivity (Wildman–Crippen MR) is 196 cm³/mol. The smallest absolute Gasteiger partial charge is 0.408 e. The largest absolute Gasteiger partial charge is 0.439 e. The molecule has 8 nitrogen and oxygen atoms in total. The van der Waals surface area contributed by atoms with Crippen LogP contribution < -0.4 is 10.6 Å². The first-order chi connectivity index (χ1) is 26.4. The van der Waals surface area contributed by atoms with E-state index < -0.39 is 36.5 Å². The van der Waals surface area contributed by atoms with Crippen molar-refractivity contribution in [2.75, 3.05) is 0 Å². The number of carbonyl (C=O) groups excluding carboxylic acids is 2. The number of carbonyl (C=O) groups is 2. The molecule has 2 aliphatic heterocycles. The number of nitrogens with one attached hydrogen (secondary N) is 2. The van der Waals surface area contributed by atoms with Crippen molar-refractivity contribution in [2.45, 2.75) is 24.3 Å². The Morgan fingerprint density at radius 1 is 0.463 bits per heavy atom. The molecule has 10 heteroatoms. The fourth-order valence-corrected chi connectivity index (χ4v) is 5.83. The Hall–Kier alpha value is -7.30. The number of pyridine rings is 2. The lowest BCUT2D eigenvalue weighted by Crippen LogP contribution is -2.20. The zero-order valence-electron chi connectivity index (χ0n) is 28.4. The van der Waals surface area contributed by atoms with Crippen LogP contribution in [0.15, 0.2) is 146 Å². The van der Waals surface area contributed by atoms with Crippen molar-refractivity contribution in [3.05, 3.63) is 202 Å². The van der Waals surface area contributed by atoms with Crippen LogP contribution in [0, 0.1) is 35.3 Å². The molecule has 2 fully saturated rings. The topological polar surface area (TPSA) is 102 Å². The lowest BCUT2D eigenvalue weighted by Gasteiger charge is -2.17. The van der Waals surface area contributed by atoms with E-state index in [1.165, 1.54) is 24.3 Å². The third-order valence-corrected chi connectivity index (χ3v) is 8.41. The molecule has 0 radical (unpaired) electrons. The summed E-state index contributed by atoms with van der Waals surface area (Å²) in [6.07, 6.45) is -2.22. The summed E-state index contributed by atoms with van der Waals surface area (Å²) < 4.78 is 37.1. The predicted octanol–water partition coefficient (Wildman–Crippen LogP) is 8.29. The van der Waals surface area contributed by atoms with Crippen molar-refractivity contribution < 1.29 is 27.8 Å². The summed E-state index contributed by atoms with van der Waals surface area (Å²) in [4.78, 5) is 32.7. The Morgan fingerprint density at radius 2 is 0.852 bits per heavy atom. The minimum Gasteiger partial charge on any atom is -0.439 e. The normalized spacial score (nSPS) is 18.2. The SMILES string of the molecule is O=C1N[C@@H](c2cccc(C#Cc3ccccc3)n2)[C@H](c2ccc(F)cc2)O1.O=C1N[C@H](c2cccc(C#Cc3ccccc3)n2)[C@@H](c2ccc(F)cc2)O1. The van der Waals surface area contributed by atoms with Gasteiger partial charge in [0.25, 0.3) is 0 Å². The van der Waals surface area contributed by atoms with Gasteiger partial charge in [-0.05, 0) is 95.8 Å². The lowest BCUT2D eigenvalue weighted by molar-refractivity contribution is 0.131. The first-order valence-corrected chi connectivity index (χ1v) is 16.9. The average molecular weight is 717 g/mol. The molecule has 0 saturated carbocycles. The molecule has 2 N–H and O–H groups in total. The molecule has 6 aromatic rings. The van der Waals surface area contributed by atoms with Gasteiger partial charge >= 0.3 is 12.2 Å². The zero-order valence-corrected chi connectivity index (χ0v) is 28.4. The Kier molecular flexibility index (Phi) is 10.6. The fourth-order valence-electron chi connectivity index (χ4n) is 5.83. The minimum absolute atomic E-state index is 0.344. The van der Waals surface area contributed by atoms with Crippen LogP contribution in [0.4, 0.5) is 18.4 Å². The van der Waals surface area contributed by atoms with Gasteiger partial charge in [0, 0.05) is 11.1 Å². The van der Waals surface area contributed by atoms with Crippen LogP contribution in [0.5, 0.6) is 0 Å². The molecular formula is C44H30F2N4O4. The standard InChI is InChI=1S/2C22H15FN2O2/c2*23-17-12-10-16(11-13-17)21-20(25-22(26)27-21)19-8-4-7-18(24-19)14-9-15-5-2-1-3-6-15/h2*1-8,10-13,20-21H,(H,25,26)/t2*20-,21-/m10/s1. The number of amides is 2. The second-order valence-electron chi connectivity index (χ2n) is 12.1. The molecule has 0 aliphatic carbocycles. The molecule has 0 unspecified atom stereocenters. The van der Waals surface area contributed by atoms with E-state index in [4.69, 9.17) is 9.47 Å². The summed E-state index contributed by atoms with van der Waals surface area (Å²) in [7, 11) is 0. The van der Waals surface area contributed by atoms with Gasteiger partial charge in [0.2, 0.25) is 0 Å². The molecule has 2 aliphatic rings. The van der Waals surface area contributed by atoms with Gasteiger partial charge in [0.05, 0.1) is 11.4 Å². The number of alkyl carbamates (subject to hydrolysis) is 2. The molecule has 0 spiro atoms. The maximum Gasteiger partial charge on any atom is 0.408 e. The van der Waals surface area contributed by atoms with Crippen LogP contribution >= 0.6 is 0 Å². The quantitative estimate of drug-likeness (QED) is 0.178. The van der Waals surface area contributed by atoms with Gasteiger partial charge in [0.1, 0.15) is 35.1 Å². The van der Waals surface area contributed by atoms with E-state index in [0.717, 1.165) is 11.1 Å². The molecule has 8 rings (SSSR count). The molecule has 4 atom stereocenters. The molecule has 4 aromatic carbocycles. The lowest BCUT2D eigenvalue weighted by atomic mass is 10.00. The number of nitrogens with zero attached hydrogens (tertiary/aromatic N) is 2. The average Bonchev–Trinajstić information content (AvgIpc) is 3.80. The van der Waals surface area contributed by atoms with Crippen molar-refractivity contribution in [3.63, 3.8) is 0 Å². The molecule has 4 heterocycles. The van der Waals surface area contributed by atoms with Crippen LogP contribution in [0.2, 0.25) is 0 Å². The van der Waals surface area contributed by atoms with Crippen LogP contribution in [-0.4, -0.2) is 22.2 Å². The maximum absolute atomic E-state index is 13.2. The highest BCUT2D eigenvalue weighted by atomic mass is 19.1. The number of rotatable bonds is 4. The second-order valence-corrected chi connectivity index (χ2v) is 12.1. The summed E-state index contributed by atoms with van der Waals surface area (Å²) in [5.74, 6) is 11.5. The van der Waals surface area contributed by atoms with Gasteiger partial charge in [-0.3, -0.25) is 0 Å². The number of hydrogen-bond acceptors (Lipinski definition) is 6. The minimum atomic E-state index is -0.581. The van der Waals surface area contributed by atoms with E-state index in [1.54, 1.807) is 24.3 Å². The molecule has 54 heavy (non-hydrogen) atoms. The van der Waals surface area contributed by atoms with Gasteiger partial charge in [-0.25, -0.2) is 28.3 Å². The number of benzene rings is 4. The van der Waals surface area contributed by atoms with Crippen molar-refractivity contribution in [1.29, 1.82) is 0 Å². The summed E-state index contributed by atoms with van der Waals surface area (Å²) in [5, 5.41) is 5.54. The number of ether oxygens (including phenoxy) is 2. The van der Waals surface area contributed by atoms with Crippen LogP contribution in [0.1, 0.15) is 69.3 Å². The first-order valence-electron chi connectivity index (χ1n) is 16.9. The Balaban J connectivity index is 0.000000167. The van der Waals surface area contributed by atoms with E-state index in [2.05, 4.69) is 44.3 Å². The number of hydrogen-bond donors (Lipinski definition) is 2. The Bertz CT molecular complexity index is 2220. The van der Waals surface area contributed by atoms with E-state index >= 15 is 0 Å². The first kappa shape index (κ1) is 35.1. The van der Waals surface area contributed by atoms with Gasteiger partial charge in [-0.1, -0.05) is 84.6 Å². The monoisotopic (exact) mass is 716 g/mol. The highest BCUT2D eigenvalue weighted by Gasteiger charge is 2.38. The van der Waals surface area contributed by atoms with Crippen molar-refractivity contribution in [2.24, 2.45) is 0 Å². The number of cyclic esters (lactones) is 2. The van der Waals surface area contributed by atoms with E-state index in [9.17, 15) is 18.4 Å². The fraction of sp³-hybridized carbons (Fsp3) is 0.0909. The molecule has 2 saturated heterocycles. The molecule has 0 bridgehead atoms. The summed E-state index contributed by atoms with van der Waals surface area (Å²) in [6, 6.07) is 41.0. The number of halogens is 2. The molecule has 264 valence electrons. The van der Waals surface area contributed by atoms with Gasteiger partial charge in [-0.2, -0.15) is 0 Å². The second kappa shape index (κ2) is 16.4. The summed E-state index contributed by atoms with van der Waals surface area (Å²) >= 11 is 0. The van der Waals surface area contributed by atoms with E-state index in [0.29, 0.717) is 33.9 Å². The summed E-state index contributed by atoms with van der Waals surface area (Å²) in [6.45, 7) is 0. The highest BCUT2D eigenvalue weighted by Crippen LogP contribution is 2.37. The van der Waals surface area contributed by atoms with Gasteiger partial charge in [-0.15, -0.1) is 0 Å². The Labute approximate surface area is 310 Å². The van der Waals surface area contributed by atoms with Crippen LogP contribution in [0.3, 0.4) is 0 Å².